The second-order valence-electron chi connectivity index (χ2n) is 7.63. The van der Waals surface area contributed by atoms with Gasteiger partial charge in [0.25, 0.3) is 5.88 Å². The van der Waals surface area contributed by atoms with Gasteiger partial charge >= 0.3 is 0 Å². The molecular formula is C20H28N2O5. The standard InChI is InChI=1S/C20H28N2O5/c1-6-7-12-24-18-16(14(26-21-18)13-22(4)5)17(23)20-11-9-8-10-15(20)25-19(2,3)27-20/h8-11,15H,6-7,12-13H2,1-5H3/t15-,20+/m1/s1. The molecule has 1 saturated heterocycles. The molecular weight excluding hydrogens is 348 g/mol. The normalized spacial score (nSPS) is 25.8. The summed E-state index contributed by atoms with van der Waals surface area (Å²) in [7, 11) is 3.80. The number of unbranched alkanes of at least 4 members (excludes halogenated alkanes) is 1. The first-order valence-electron chi connectivity index (χ1n) is 9.34. The van der Waals surface area contributed by atoms with Crippen LogP contribution in [0.3, 0.4) is 0 Å². The number of allylic oxidation sites excluding steroid dienone is 2. The van der Waals surface area contributed by atoms with Crippen LogP contribution in [-0.4, -0.2) is 54.0 Å². The molecule has 3 rings (SSSR count). The minimum atomic E-state index is -1.26. The fourth-order valence-electron chi connectivity index (χ4n) is 3.34. The predicted molar refractivity (Wildman–Crippen MR) is 99.7 cm³/mol. The molecule has 0 aromatic carbocycles. The first-order valence-corrected chi connectivity index (χ1v) is 9.34. The summed E-state index contributed by atoms with van der Waals surface area (Å²) in [5.74, 6) is -0.472. The van der Waals surface area contributed by atoms with Crippen molar-refractivity contribution in [2.75, 3.05) is 20.7 Å². The van der Waals surface area contributed by atoms with E-state index in [1.54, 1.807) is 26.0 Å². The first-order chi connectivity index (χ1) is 12.8. The molecule has 1 aliphatic heterocycles. The van der Waals surface area contributed by atoms with Gasteiger partial charge in [0.1, 0.15) is 11.7 Å². The van der Waals surface area contributed by atoms with E-state index >= 15 is 0 Å². The SMILES string of the molecule is CCCCOc1noc(CN(C)C)c1C(=O)[C@]12C=CC=C[C@H]1OC(C)(C)O2. The van der Waals surface area contributed by atoms with Crippen LogP contribution in [0.15, 0.2) is 28.8 Å². The van der Waals surface area contributed by atoms with Crippen LogP contribution in [0.5, 0.6) is 5.88 Å². The molecule has 0 amide bonds. The van der Waals surface area contributed by atoms with Gasteiger partial charge in [0, 0.05) is 0 Å². The van der Waals surface area contributed by atoms with E-state index in [2.05, 4.69) is 12.1 Å². The number of nitrogens with zero attached hydrogens (tertiary/aromatic N) is 2. The fourth-order valence-corrected chi connectivity index (χ4v) is 3.34. The van der Waals surface area contributed by atoms with E-state index in [4.69, 9.17) is 18.7 Å². The van der Waals surface area contributed by atoms with Crippen LogP contribution in [0.4, 0.5) is 0 Å². The highest BCUT2D eigenvalue weighted by Gasteiger charge is 2.57. The number of aromatic nitrogens is 1. The van der Waals surface area contributed by atoms with Crippen molar-refractivity contribution in [3.8, 4) is 5.88 Å². The Hall–Kier alpha value is -1.96. The van der Waals surface area contributed by atoms with Gasteiger partial charge in [0.15, 0.2) is 17.1 Å². The summed E-state index contributed by atoms with van der Waals surface area (Å²) in [5.41, 5.74) is -0.931. The number of fused-ring (bicyclic) bond motifs is 1. The molecule has 0 N–H and O–H groups in total. The topological polar surface area (TPSA) is 74.0 Å². The van der Waals surface area contributed by atoms with Crippen LogP contribution in [0.2, 0.25) is 0 Å². The van der Waals surface area contributed by atoms with Crippen LogP contribution >= 0.6 is 0 Å². The summed E-state index contributed by atoms with van der Waals surface area (Å²) in [4.78, 5) is 15.6. The quantitative estimate of drug-likeness (QED) is 0.510. The Kier molecular flexibility index (Phi) is 5.55. The van der Waals surface area contributed by atoms with Crippen molar-refractivity contribution < 1.29 is 23.5 Å². The molecule has 7 heteroatoms. The van der Waals surface area contributed by atoms with E-state index in [9.17, 15) is 4.79 Å². The van der Waals surface area contributed by atoms with Gasteiger partial charge in [0.2, 0.25) is 5.78 Å². The van der Waals surface area contributed by atoms with E-state index in [-0.39, 0.29) is 11.7 Å². The van der Waals surface area contributed by atoms with Gasteiger partial charge in [-0.3, -0.25) is 4.79 Å². The van der Waals surface area contributed by atoms with Gasteiger partial charge < -0.3 is 23.6 Å². The molecule has 1 aromatic heterocycles. The molecule has 7 nitrogen and oxygen atoms in total. The Morgan fingerprint density at radius 1 is 1.33 bits per heavy atom. The molecule has 2 heterocycles. The number of carbonyl (C=O) groups is 1. The van der Waals surface area contributed by atoms with Crippen LogP contribution in [0.25, 0.3) is 0 Å². The zero-order valence-corrected chi connectivity index (χ0v) is 16.7. The fraction of sp³-hybridized carbons (Fsp3) is 0.600. The van der Waals surface area contributed by atoms with Crippen molar-refractivity contribution >= 4 is 5.78 Å². The van der Waals surface area contributed by atoms with Crippen LogP contribution in [-0.2, 0) is 16.0 Å². The Labute approximate surface area is 159 Å². The third kappa shape index (κ3) is 3.85. The summed E-state index contributed by atoms with van der Waals surface area (Å²) in [5, 5.41) is 4.02. The number of carbonyl (C=O) groups excluding carboxylic acids is 1. The molecule has 0 radical (unpaired) electrons. The van der Waals surface area contributed by atoms with E-state index in [0.717, 1.165) is 12.8 Å². The van der Waals surface area contributed by atoms with Crippen molar-refractivity contribution in [3.63, 3.8) is 0 Å². The zero-order valence-electron chi connectivity index (χ0n) is 16.7. The summed E-state index contributed by atoms with van der Waals surface area (Å²) in [6.45, 7) is 6.57. The van der Waals surface area contributed by atoms with Crippen LogP contribution in [0.1, 0.15) is 49.7 Å². The minimum Gasteiger partial charge on any atom is -0.475 e. The molecule has 2 atom stereocenters. The summed E-state index contributed by atoms with van der Waals surface area (Å²) >= 11 is 0. The number of ketones is 1. The maximum Gasteiger partial charge on any atom is 0.265 e. The Balaban J connectivity index is 2.00. The maximum atomic E-state index is 13.7. The van der Waals surface area contributed by atoms with E-state index in [0.29, 0.717) is 24.5 Å². The lowest BCUT2D eigenvalue weighted by atomic mass is 9.84. The van der Waals surface area contributed by atoms with Crippen LogP contribution < -0.4 is 4.74 Å². The van der Waals surface area contributed by atoms with Gasteiger partial charge in [-0.15, -0.1) is 0 Å². The molecule has 0 unspecified atom stereocenters. The number of hydrogen-bond donors (Lipinski definition) is 0. The lowest BCUT2D eigenvalue weighted by molar-refractivity contribution is -0.147. The minimum absolute atomic E-state index is 0.217. The second kappa shape index (κ2) is 7.58. The van der Waals surface area contributed by atoms with Crippen molar-refractivity contribution in [2.24, 2.45) is 0 Å². The number of rotatable bonds is 8. The zero-order chi connectivity index (χ0) is 19.7. The van der Waals surface area contributed by atoms with Gasteiger partial charge in [0.05, 0.1) is 13.2 Å². The largest absolute Gasteiger partial charge is 0.475 e. The molecule has 0 spiro atoms. The highest BCUT2D eigenvalue weighted by atomic mass is 16.8. The average Bonchev–Trinajstić information content (AvgIpc) is 3.11. The van der Waals surface area contributed by atoms with Crippen molar-refractivity contribution in [1.29, 1.82) is 0 Å². The molecule has 1 aromatic rings. The lowest BCUT2D eigenvalue weighted by Crippen LogP contribution is -2.47. The third-order valence-electron chi connectivity index (χ3n) is 4.50. The molecule has 148 valence electrons. The molecule has 0 bridgehead atoms. The monoisotopic (exact) mass is 376 g/mol. The average molecular weight is 376 g/mol. The predicted octanol–water partition coefficient (Wildman–Crippen LogP) is 3.11. The number of hydrogen-bond acceptors (Lipinski definition) is 7. The molecule has 1 aliphatic carbocycles. The lowest BCUT2D eigenvalue weighted by Gasteiger charge is -2.28. The van der Waals surface area contributed by atoms with Crippen LogP contribution in [0, 0.1) is 0 Å². The van der Waals surface area contributed by atoms with Crippen molar-refractivity contribution in [2.45, 2.75) is 57.6 Å². The summed E-state index contributed by atoms with van der Waals surface area (Å²) in [6, 6.07) is 0. The van der Waals surface area contributed by atoms with Crippen molar-refractivity contribution in [1.82, 2.24) is 10.1 Å². The van der Waals surface area contributed by atoms with E-state index in [1.165, 1.54) is 0 Å². The van der Waals surface area contributed by atoms with E-state index in [1.807, 2.05) is 31.1 Å². The highest BCUT2D eigenvalue weighted by molar-refractivity contribution is 6.07. The number of ether oxygens (including phenoxy) is 3. The number of Topliss-reactive ketones (excluding diaryl/α,β-unsaturated/α-hetero) is 1. The Bertz CT molecular complexity index is 750. The Morgan fingerprint density at radius 3 is 2.81 bits per heavy atom. The highest BCUT2D eigenvalue weighted by Crippen LogP contribution is 2.43. The smallest absolute Gasteiger partial charge is 0.265 e. The molecule has 0 saturated carbocycles. The van der Waals surface area contributed by atoms with Gasteiger partial charge in [-0.2, -0.15) is 0 Å². The first kappa shape index (κ1) is 19.8. The molecule has 2 aliphatic rings. The Morgan fingerprint density at radius 2 is 2.11 bits per heavy atom. The van der Waals surface area contributed by atoms with Gasteiger partial charge in [-0.25, -0.2) is 0 Å². The maximum absolute atomic E-state index is 13.7. The molecule has 27 heavy (non-hydrogen) atoms. The third-order valence-corrected chi connectivity index (χ3v) is 4.50. The summed E-state index contributed by atoms with van der Waals surface area (Å²) < 4.78 is 23.3. The van der Waals surface area contributed by atoms with Gasteiger partial charge in [-0.1, -0.05) is 31.6 Å². The van der Waals surface area contributed by atoms with Crippen molar-refractivity contribution in [3.05, 3.63) is 35.6 Å². The van der Waals surface area contributed by atoms with Gasteiger partial charge in [-0.05, 0) is 45.6 Å². The summed E-state index contributed by atoms with van der Waals surface area (Å²) in [6.07, 6.45) is 8.57. The second-order valence-corrected chi connectivity index (χ2v) is 7.63. The van der Waals surface area contributed by atoms with E-state index < -0.39 is 17.5 Å². The molecule has 1 fully saturated rings.